The van der Waals surface area contributed by atoms with E-state index in [9.17, 15) is 8.76 Å². The number of halogens is 1. The standard InChI is InChI=1S/C15H24ClNO2S/c1-5-7-11(6-2)17-14-9-13(16)15(20(18)19)8-12(14)10(3)4/h8-11,17H,5-7H2,1-4H3,(H,18,19)/p-1. The average molecular weight is 317 g/mol. The molecule has 0 radical (unpaired) electrons. The molecule has 0 saturated carbocycles. The van der Waals surface area contributed by atoms with Gasteiger partial charge < -0.3 is 9.87 Å². The number of anilines is 1. The molecule has 1 aromatic carbocycles. The van der Waals surface area contributed by atoms with Crippen LogP contribution in [0.15, 0.2) is 17.0 Å². The fraction of sp³-hybridized carbons (Fsp3) is 0.600. The van der Waals surface area contributed by atoms with Gasteiger partial charge in [0.05, 0.1) is 5.02 Å². The quantitative estimate of drug-likeness (QED) is 0.742. The molecule has 0 fully saturated rings. The van der Waals surface area contributed by atoms with Gasteiger partial charge in [-0.2, -0.15) is 0 Å². The molecule has 1 rings (SSSR count). The zero-order valence-electron chi connectivity index (χ0n) is 12.5. The van der Waals surface area contributed by atoms with Crippen LogP contribution in [0.1, 0.15) is 58.4 Å². The Kier molecular flexibility index (Phi) is 7.00. The van der Waals surface area contributed by atoms with Crippen LogP contribution >= 0.6 is 11.6 Å². The molecule has 0 spiro atoms. The van der Waals surface area contributed by atoms with Crippen molar-refractivity contribution in [2.24, 2.45) is 0 Å². The van der Waals surface area contributed by atoms with Gasteiger partial charge >= 0.3 is 0 Å². The fourth-order valence-electron chi connectivity index (χ4n) is 2.25. The van der Waals surface area contributed by atoms with Crippen molar-refractivity contribution < 1.29 is 8.76 Å². The van der Waals surface area contributed by atoms with Gasteiger partial charge in [-0.25, -0.2) is 0 Å². The van der Waals surface area contributed by atoms with Crippen LogP contribution in [0.4, 0.5) is 5.69 Å². The van der Waals surface area contributed by atoms with E-state index in [1.54, 1.807) is 12.1 Å². The van der Waals surface area contributed by atoms with Crippen molar-refractivity contribution in [2.75, 3.05) is 5.32 Å². The smallest absolute Gasteiger partial charge is 0.0576 e. The third kappa shape index (κ3) is 4.47. The Labute approximate surface area is 129 Å². The van der Waals surface area contributed by atoms with E-state index >= 15 is 0 Å². The zero-order chi connectivity index (χ0) is 15.3. The molecule has 0 aromatic heterocycles. The van der Waals surface area contributed by atoms with Crippen LogP contribution in [0.2, 0.25) is 5.02 Å². The maximum absolute atomic E-state index is 11.2. The molecule has 0 bridgehead atoms. The molecule has 1 N–H and O–H groups in total. The monoisotopic (exact) mass is 316 g/mol. The van der Waals surface area contributed by atoms with Crippen LogP contribution < -0.4 is 5.32 Å². The van der Waals surface area contributed by atoms with E-state index in [0.29, 0.717) is 6.04 Å². The summed E-state index contributed by atoms with van der Waals surface area (Å²) >= 11 is 3.77. The minimum atomic E-state index is -2.30. The summed E-state index contributed by atoms with van der Waals surface area (Å²) in [6, 6.07) is 3.80. The molecular weight excluding hydrogens is 294 g/mol. The second kappa shape index (κ2) is 8.01. The Morgan fingerprint density at radius 1 is 1.35 bits per heavy atom. The van der Waals surface area contributed by atoms with Gasteiger partial charge in [0.15, 0.2) is 0 Å². The summed E-state index contributed by atoms with van der Waals surface area (Å²) in [7, 11) is 0. The van der Waals surface area contributed by atoms with Gasteiger partial charge in [0.25, 0.3) is 0 Å². The Balaban J connectivity index is 3.17. The van der Waals surface area contributed by atoms with E-state index in [1.807, 2.05) is 13.8 Å². The summed E-state index contributed by atoms with van der Waals surface area (Å²) < 4.78 is 22.4. The molecule has 0 heterocycles. The van der Waals surface area contributed by atoms with E-state index in [4.69, 9.17) is 11.6 Å². The van der Waals surface area contributed by atoms with Crippen molar-refractivity contribution in [2.45, 2.75) is 63.8 Å². The van der Waals surface area contributed by atoms with Gasteiger partial charge in [0.2, 0.25) is 0 Å². The van der Waals surface area contributed by atoms with Crippen molar-refractivity contribution in [3.63, 3.8) is 0 Å². The molecule has 114 valence electrons. The lowest BCUT2D eigenvalue weighted by Crippen LogP contribution is -2.19. The normalized spacial score (nSPS) is 14.3. The first-order valence-electron chi connectivity index (χ1n) is 7.09. The third-order valence-electron chi connectivity index (χ3n) is 3.40. The molecule has 0 aliphatic carbocycles. The molecule has 1 aromatic rings. The summed E-state index contributed by atoms with van der Waals surface area (Å²) in [5.41, 5.74) is 1.93. The molecule has 0 aliphatic rings. The lowest BCUT2D eigenvalue weighted by molar-refractivity contribution is 0.537. The summed E-state index contributed by atoms with van der Waals surface area (Å²) in [5, 5.41) is 3.78. The van der Waals surface area contributed by atoms with E-state index in [2.05, 4.69) is 19.2 Å². The summed E-state index contributed by atoms with van der Waals surface area (Å²) in [4.78, 5) is 0.171. The van der Waals surface area contributed by atoms with Gasteiger partial charge in [-0.3, -0.25) is 4.21 Å². The molecule has 0 saturated heterocycles. The highest BCUT2D eigenvalue weighted by molar-refractivity contribution is 7.79. The molecule has 3 nitrogen and oxygen atoms in total. The van der Waals surface area contributed by atoms with Gasteiger partial charge in [0.1, 0.15) is 0 Å². The van der Waals surface area contributed by atoms with Crippen LogP contribution in [0.25, 0.3) is 0 Å². The third-order valence-corrected chi connectivity index (χ3v) is 4.52. The lowest BCUT2D eigenvalue weighted by Gasteiger charge is -2.23. The highest BCUT2D eigenvalue weighted by Gasteiger charge is 2.14. The summed E-state index contributed by atoms with van der Waals surface area (Å²) in [5.74, 6) is 0.233. The Morgan fingerprint density at radius 2 is 2.00 bits per heavy atom. The van der Waals surface area contributed by atoms with Crippen molar-refractivity contribution in [3.05, 3.63) is 22.7 Å². The van der Waals surface area contributed by atoms with Crippen molar-refractivity contribution in [1.82, 2.24) is 0 Å². The highest BCUT2D eigenvalue weighted by atomic mass is 35.5. The molecule has 20 heavy (non-hydrogen) atoms. The van der Waals surface area contributed by atoms with Gasteiger partial charge in [-0.05, 0) is 47.5 Å². The Hall–Kier alpha value is -0.580. The summed E-state index contributed by atoms with van der Waals surface area (Å²) in [6.45, 7) is 8.40. The van der Waals surface area contributed by atoms with Gasteiger partial charge in [-0.1, -0.05) is 45.7 Å². The SMILES string of the molecule is CCCC(CC)Nc1cc(Cl)c(S(=O)[O-])cc1C(C)C. The number of rotatable bonds is 7. The topological polar surface area (TPSA) is 52.2 Å². The largest absolute Gasteiger partial charge is 0.768 e. The molecule has 2 atom stereocenters. The number of benzene rings is 1. The minimum absolute atomic E-state index is 0.171. The van der Waals surface area contributed by atoms with Crippen LogP contribution in [-0.4, -0.2) is 14.8 Å². The molecule has 2 unspecified atom stereocenters. The summed E-state index contributed by atoms with van der Waals surface area (Å²) in [6.07, 6.45) is 3.22. The van der Waals surface area contributed by atoms with E-state index in [1.165, 1.54) is 0 Å². The van der Waals surface area contributed by atoms with Crippen molar-refractivity contribution in [3.8, 4) is 0 Å². The number of hydrogen-bond donors (Lipinski definition) is 1. The van der Waals surface area contributed by atoms with Gasteiger partial charge in [-0.15, -0.1) is 0 Å². The van der Waals surface area contributed by atoms with Crippen molar-refractivity contribution in [1.29, 1.82) is 0 Å². The van der Waals surface area contributed by atoms with Crippen molar-refractivity contribution >= 4 is 28.4 Å². The predicted octanol–water partition coefficient (Wildman–Crippen LogP) is 4.69. The Bertz CT molecular complexity index is 477. The molecule has 0 amide bonds. The second-order valence-corrected chi connectivity index (χ2v) is 6.61. The second-order valence-electron chi connectivity index (χ2n) is 5.30. The molecular formula is C15H23ClNO2S-. The number of hydrogen-bond acceptors (Lipinski definition) is 3. The molecule has 0 aliphatic heterocycles. The Morgan fingerprint density at radius 3 is 2.45 bits per heavy atom. The zero-order valence-corrected chi connectivity index (χ0v) is 14.1. The van der Waals surface area contributed by atoms with Crippen LogP contribution in [0.5, 0.6) is 0 Å². The first kappa shape index (κ1) is 17.5. The molecule has 5 heteroatoms. The predicted molar refractivity (Wildman–Crippen MR) is 85.3 cm³/mol. The van der Waals surface area contributed by atoms with Gasteiger partial charge in [0, 0.05) is 16.6 Å². The lowest BCUT2D eigenvalue weighted by atomic mass is 9.99. The van der Waals surface area contributed by atoms with E-state index in [0.717, 1.165) is 30.5 Å². The average Bonchev–Trinajstić information content (AvgIpc) is 2.37. The highest BCUT2D eigenvalue weighted by Crippen LogP contribution is 2.32. The number of nitrogens with one attached hydrogen (secondary N) is 1. The maximum atomic E-state index is 11.2. The van der Waals surface area contributed by atoms with Crippen LogP contribution in [0.3, 0.4) is 0 Å². The first-order chi connectivity index (χ1) is 9.40. The maximum Gasteiger partial charge on any atom is 0.0576 e. The fourth-order valence-corrected chi connectivity index (χ4v) is 3.04. The minimum Gasteiger partial charge on any atom is -0.768 e. The first-order valence-corrected chi connectivity index (χ1v) is 8.55. The van der Waals surface area contributed by atoms with E-state index in [-0.39, 0.29) is 15.8 Å². The van der Waals surface area contributed by atoms with Crippen LogP contribution in [-0.2, 0) is 11.1 Å². The van der Waals surface area contributed by atoms with E-state index < -0.39 is 11.1 Å². The van der Waals surface area contributed by atoms with Crippen LogP contribution in [0, 0.1) is 0 Å².